The van der Waals surface area contributed by atoms with E-state index in [1.54, 1.807) is 0 Å². The van der Waals surface area contributed by atoms with Gasteiger partial charge in [0.05, 0.1) is 19.8 Å². The molecular formula is C7H13NO4. The molecule has 0 aromatic heterocycles. The number of nitrogens with two attached hydrogens (primary N) is 1. The Kier molecular flexibility index (Phi) is 3.99. The maximum Gasteiger partial charge on any atom is 0.332 e. The Morgan fingerprint density at radius 2 is 2.33 bits per heavy atom. The van der Waals surface area contributed by atoms with Crippen LogP contribution in [-0.2, 0) is 19.0 Å². The second-order valence-corrected chi connectivity index (χ2v) is 2.49. The summed E-state index contributed by atoms with van der Waals surface area (Å²) in [6.45, 7) is 1.79. The first-order chi connectivity index (χ1) is 5.83. The SMILES string of the molecule is NCCOCC(=O)OC1COC1. The van der Waals surface area contributed by atoms with Gasteiger partial charge >= 0.3 is 5.97 Å². The van der Waals surface area contributed by atoms with Crippen LogP contribution in [0.25, 0.3) is 0 Å². The molecule has 0 unspecified atom stereocenters. The highest BCUT2D eigenvalue weighted by atomic mass is 16.6. The Labute approximate surface area is 70.8 Å². The Hall–Kier alpha value is -0.650. The lowest BCUT2D eigenvalue weighted by atomic mass is 10.3. The lowest BCUT2D eigenvalue weighted by Gasteiger charge is -2.25. The predicted molar refractivity (Wildman–Crippen MR) is 40.6 cm³/mol. The van der Waals surface area contributed by atoms with Gasteiger partial charge in [-0.3, -0.25) is 0 Å². The summed E-state index contributed by atoms with van der Waals surface area (Å²) in [5, 5.41) is 0. The number of hydrogen-bond donors (Lipinski definition) is 1. The highest BCUT2D eigenvalue weighted by Gasteiger charge is 2.22. The molecule has 1 fully saturated rings. The fourth-order valence-electron chi connectivity index (χ4n) is 0.741. The van der Waals surface area contributed by atoms with Crippen LogP contribution < -0.4 is 5.73 Å². The third-order valence-corrected chi connectivity index (χ3v) is 1.39. The molecule has 1 aliphatic heterocycles. The first-order valence-corrected chi connectivity index (χ1v) is 3.88. The zero-order chi connectivity index (χ0) is 8.81. The Balaban J connectivity index is 1.95. The van der Waals surface area contributed by atoms with Gasteiger partial charge < -0.3 is 19.9 Å². The normalized spacial score (nSPS) is 17.1. The van der Waals surface area contributed by atoms with Crippen LogP contribution >= 0.6 is 0 Å². The van der Waals surface area contributed by atoms with E-state index in [1.807, 2.05) is 0 Å². The molecule has 12 heavy (non-hydrogen) atoms. The smallest absolute Gasteiger partial charge is 0.332 e. The van der Waals surface area contributed by atoms with Crippen LogP contribution in [0.4, 0.5) is 0 Å². The van der Waals surface area contributed by atoms with Crippen molar-refractivity contribution >= 4 is 5.97 Å². The molecule has 0 atom stereocenters. The molecule has 1 saturated heterocycles. The van der Waals surface area contributed by atoms with Crippen molar-refractivity contribution < 1.29 is 19.0 Å². The van der Waals surface area contributed by atoms with Crippen molar-refractivity contribution in [3.63, 3.8) is 0 Å². The highest BCUT2D eigenvalue weighted by molar-refractivity contribution is 5.70. The molecule has 1 aliphatic rings. The summed E-state index contributed by atoms with van der Waals surface area (Å²) < 4.78 is 14.6. The summed E-state index contributed by atoms with van der Waals surface area (Å²) in [5.41, 5.74) is 5.16. The van der Waals surface area contributed by atoms with Crippen molar-refractivity contribution in [2.75, 3.05) is 33.0 Å². The van der Waals surface area contributed by atoms with Crippen molar-refractivity contribution in [3.05, 3.63) is 0 Å². The van der Waals surface area contributed by atoms with Gasteiger partial charge in [-0.05, 0) is 0 Å². The van der Waals surface area contributed by atoms with E-state index in [4.69, 9.17) is 19.9 Å². The molecule has 1 rings (SSSR count). The zero-order valence-corrected chi connectivity index (χ0v) is 6.82. The van der Waals surface area contributed by atoms with E-state index < -0.39 is 0 Å². The van der Waals surface area contributed by atoms with Gasteiger partial charge in [-0.25, -0.2) is 4.79 Å². The van der Waals surface area contributed by atoms with Crippen LogP contribution in [0.1, 0.15) is 0 Å². The number of carbonyl (C=O) groups is 1. The van der Waals surface area contributed by atoms with Gasteiger partial charge in [-0.1, -0.05) is 0 Å². The minimum Gasteiger partial charge on any atom is -0.456 e. The standard InChI is InChI=1S/C7H13NO4/c8-1-2-10-5-7(9)12-6-3-11-4-6/h6H,1-5,8H2. The molecule has 2 N–H and O–H groups in total. The molecule has 5 heteroatoms. The maximum absolute atomic E-state index is 10.9. The molecule has 0 aromatic carbocycles. The minimum absolute atomic E-state index is 0.0201. The molecule has 0 aliphatic carbocycles. The lowest BCUT2D eigenvalue weighted by Crippen LogP contribution is -2.38. The van der Waals surface area contributed by atoms with Crippen LogP contribution in [0, 0.1) is 0 Å². The molecule has 0 radical (unpaired) electrons. The van der Waals surface area contributed by atoms with Gasteiger partial charge in [0, 0.05) is 6.54 Å². The molecule has 70 valence electrons. The summed E-state index contributed by atoms with van der Waals surface area (Å²) >= 11 is 0. The summed E-state index contributed by atoms with van der Waals surface area (Å²) in [5.74, 6) is -0.350. The third kappa shape index (κ3) is 3.17. The second-order valence-electron chi connectivity index (χ2n) is 2.49. The van der Waals surface area contributed by atoms with E-state index in [1.165, 1.54) is 0 Å². The molecular weight excluding hydrogens is 162 g/mol. The van der Waals surface area contributed by atoms with Crippen LogP contribution in [-0.4, -0.2) is 45.0 Å². The van der Waals surface area contributed by atoms with Gasteiger partial charge in [0.15, 0.2) is 0 Å². The monoisotopic (exact) mass is 175 g/mol. The van der Waals surface area contributed by atoms with Crippen LogP contribution in [0.2, 0.25) is 0 Å². The van der Waals surface area contributed by atoms with Crippen LogP contribution in [0.5, 0.6) is 0 Å². The van der Waals surface area contributed by atoms with E-state index in [2.05, 4.69) is 0 Å². The van der Waals surface area contributed by atoms with Crippen molar-refractivity contribution in [2.45, 2.75) is 6.10 Å². The van der Waals surface area contributed by atoms with E-state index in [9.17, 15) is 4.79 Å². The molecule has 0 amide bonds. The first kappa shape index (κ1) is 9.44. The minimum atomic E-state index is -0.350. The number of hydrogen-bond acceptors (Lipinski definition) is 5. The Morgan fingerprint density at radius 1 is 1.58 bits per heavy atom. The molecule has 1 heterocycles. The number of carbonyl (C=O) groups excluding carboxylic acids is 1. The van der Waals surface area contributed by atoms with Crippen molar-refractivity contribution in [1.29, 1.82) is 0 Å². The average molecular weight is 175 g/mol. The summed E-state index contributed by atoms with van der Waals surface area (Å²) in [7, 11) is 0. The topological polar surface area (TPSA) is 70.8 Å². The molecule has 0 spiro atoms. The number of esters is 1. The zero-order valence-electron chi connectivity index (χ0n) is 6.82. The average Bonchev–Trinajstić information content (AvgIpc) is 1.98. The third-order valence-electron chi connectivity index (χ3n) is 1.39. The fourth-order valence-corrected chi connectivity index (χ4v) is 0.741. The quantitative estimate of drug-likeness (QED) is 0.424. The van der Waals surface area contributed by atoms with Gasteiger partial charge in [0.1, 0.15) is 12.7 Å². The van der Waals surface area contributed by atoms with Gasteiger partial charge in [-0.2, -0.15) is 0 Å². The highest BCUT2D eigenvalue weighted by Crippen LogP contribution is 2.05. The predicted octanol–water partition coefficient (Wildman–Crippen LogP) is -1.10. The van der Waals surface area contributed by atoms with Crippen molar-refractivity contribution in [2.24, 2.45) is 5.73 Å². The lowest BCUT2D eigenvalue weighted by molar-refractivity contribution is -0.176. The first-order valence-electron chi connectivity index (χ1n) is 3.88. The Bertz CT molecular complexity index is 146. The summed E-state index contributed by atoms with van der Waals surface area (Å²) in [6.07, 6.45) is -0.0704. The van der Waals surface area contributed by atoms with Crippen LogP contribution in [0.3, 0.4) is 0 Å². The van der Waals surface area contributed by atoms with E-state index in [0.29, 0.717) is 26.4 Å². The van der Waals surface area contributed by atoms with Gasteiger partial charge in [-0.15, -0.1) is 0 Å². The van der Waals surface area contributed by atoms with Gasteiger partial charge in [0.25, 0.3) is 0 Å². The Morgan fingerprint density at radius 3 is 2.83 bits per heavy atom. The van der Waals surface area contributed by atoms with Crippen molar-refractivity contribution in [3.8, 4) is 0 Å². The summed E-state index contributed by atoms with van der Waals surface area (Å²) in [4.78, 5) is 10.9. The fraction of sp³-hybridized carbons (Fsp3) is 0.857. The molecule has 0 bridgehead atoms. The molecule has 5 nitrogen and oxygen atoms in total. The molecule has 0 aromatic rings. The van der Waals surface area contributed by atoms with Gasteiger partial charge in [0.2, 0.25) is 0 Å². The van der Waals surface area contributed by atoms with E-state index in [-0.39, 0.29) is 18.7 Å². The maximum atomic E-state index is 10.9. The second kappa shape index (κ2) is 5.08. The van der Waals surface area contributed by atoms with Crippen LogP contribution in [0.15, 0.2) is 0 Å². The number of ether oxygens (including phenoxy) is 3. The number of rotatable bonds is 5. The summed E-state index contributed by atoms with van der Waals surface area (Å²) in [6, 6.07) is 0. The molecule has 0 saturated carbocycles. The van der Waals surface area contributed by atoms with E-state index in [0.717, 1.165) is 0 Å². The van der Waals surface area contributed by atoms with Crippen molar-refractivity contribution in [1.82, 2.24) is 0 Å². The largest absolute Gasteiger partial charge is 0.456 e. The van der Waals surface area contributed by atoms with E-state index >= 15 is 0 Å².